The van der Waals surface area contributed by atoms with Gasteiger partial charge in [0.2, 0.25) is 5.91 Å². The first kappa shape index (κ1) is 23.7. The van der Waals surface area contributed by atoms with Gasteiger partial charge in [-0.3, -0.25) is 9.79 Å². The van der Waals surface area contributed by atoms with Crippen LogP contribution in [-0.4, -0.2) is 62.9 Å². The molecule has 0 bridgehead atoms. The summed E-state index contributed by atoms with van der Waals surface area (Å²) >= 11 is 0. The van der Waals surface area contributed by atoms with E-state index in [1.807, 2.05) is 37.3 Å². The van der Waals surface area contributed by atoms with Crippen molar-refractivity contribution in [2.24, 2.45) is 4.99 Å². The van der Waals surface area contributed by atoms with Crippen LogP contribution in [0.3, 0.4) is 0 Å². The lowest BCUT2D eigenvalue weighted by molar-refractivity contribution is -0.130. The lowest BCUT2D eigenvalue weighted by Crippen LogP contribution is -2.44. The Morgan fingerprint density at radius 1 is 1.30 bits per heavy atom. The highest BCUT2D eigenvalue weighted by atomic mass is 127. The predicted octanol–water partition coefficient (Wildman–Crippen LogP) is 1.40. The molecule has 1 heterocycles. The van der Waals surface area contributed by atoms with E-state index in [1.165, 1.54) is 0 Å². The Bertz CT molecular complexity index is 725. The monoisotopic (exact) mass is 508 g/mol. The van der Waals surface area contributed by atoms with Crippen molar-refractivity contribution in [2.45, 2.75) is 32.4 Å². The third kappa shape index (κ3) is 8.46. The zero-order valence-electron chi connectivity index (χ0n) is 15.8. The van der Waals surface area contributed by atoms with Crippen LogP contribution >= 0.6 is 24.0 Å². The number of rotatable bonds is 7. The molecular weight excluding hydrogens is 479 g/mol. The molecule has 0 aliphatic carbocycles. The Kier molecular flexibility index (Phi) is 10.1. The molecule has 1 unspecified atom stereocenters. The van der Waals surface area contributed by atoms with E-state index in [2.05, 4.69) is 15.6 Å². The van der Waals surface area contributed by atoms with Gasteiger partial charge in [0.1, 0.15) is 0 Å². The number of sulfone groups is 1. The van der Waals surface area contributed by atoms with Crippen molar-refractivity contribution < 1.29 is 13.2 Å². The molecule has 1 saturated heterocycles. The standard InChI is InChI=1S/C18H28N4O3S.HI/c1-3-19-18(21-16-10-12-26(24,25)14-16)20-11-9-17(23)22(2)13-15-7-5-4-6-8-15;/h4-8,16H,3,9-14H2,1-2H3,(H2,19,20,21);1H. The second-order valence-corrected chi connectivity index (χ2v) is 8.72. The number of hydrogen-bond acceptors (Lipinski definition) is 4. The summed E-state index contributed by atoms with van der Waals surface area (Å²) in [6, 6.07) is 9.72. The minimum Gasteiger partial charge on any atom is -0.357 e. The first-order chi connectivity index (χ1) is 12.4. The van der Waals surface area contributed by atoms with Crippen LogP contribution in [0.1, 0.15) is 25.3 Å². The van der Waals surface area contributed by atoms with E-state index in [0.29, 0.717) is 38.4 Å². The van der Waals surface area contributed by atoms with Gasteiger partial charge in [0.25, 0.3) is 0 Å². The van der Waals surface area contributed by atoms with Crippen molar-refractivity contribution in [1.82, 2.24) is 15.5 Å². The summed E-state index contributed by atoms with van der Waals surface area (Å²) in [7, 11) is -1.15. The average Bonchev–Trinajstić information content (AvgIpc) is 2.94. The van der Waals surface area contributed by atoms with E-state index in [-0.39, 0.29) is 47.4 Å². The van der Waals surface area contributed by atoms with Gasteiger partial charge in [-0.05, 0) is 18.9 Å². The summed E-state index contributed by atoms with van der Waals surface area (Å²) in [5, 5.41) is 6.25. The zero-order chi connectivity index (χ0) is 19.0. The molecule has 1 amide bonds. The number of aliphatic imine (C=N–C) groups is 1. The third-order valence-electron chi connectivity index (χ3n) is 4.20. The summed E-state index contributed by atoms with van der Waals surface area (Å²) in [6.45, 7) is 3.54. The molecule has 1 fully saturated rings. The molecule has 1 aromatic rings. The maximum absolute atomic E-state index is 12.3. The van der Waals surface area contributed by atoms with Gasteiger partial charge in [0.15, 0.2) is 15.8 Å². The lowest BCUT2D eigenvalue weighted by atomic mass is 10.2. The second kappa shape index (κ2) is 11.5. The van der Waals surface area contributed by atoms with Crippen molar-refractivity contribution in [3.05, 3.63) is 35.9 Å². The molecule has 27 heavy (non-hydrogen) atoms. The predicted molar refractivity (Wildman–Crippen MR) is 119 cm³/mol. The number of guanidine groups is 1. The fourth-order valence-electron chi connectivity index (χ4n) is 2.82. The molecule has 9 heteroatoms. The number of carbonyl (C=O) groups excluding carboxylic acids is 1. The van der Waals surface area contributed by atoms with E-state index in [4.69, 9.17) is 0 Å². The molecule has 1 aliphatic rings. The maximum atomic E-state index is 12.3. The van der Waals surface area contributed by atoms with Crippen LogP contribution in [0.25, 0.3) is 0 Å². The highest BCUT2D eigenvalue weighted by Crippen LogP contribution is 2.11. The number of carbonyl (C=O) groups is 1. The Hall–Kier alpha value is -1.36. The molecule has 0 spiro atoms. The van der Waals surface area contributed by atoms with Crippen LogP contribution in [0.2, 0.25) is 0 Å². The molecular formula is C18H29IN4O3S. The summed E-state index contributed by atoms with van der Waals surface area (Å²) in [5.41, 5.74) is 1.09. The molecule has 152 valence electrons. The van der Waals surface area contributed by atoms with Crippen LogP contribution in [-0.2, 0) is 21.2 Å². The number of halogens is 1. The Labute approximate surface area is 178 Å². The molecule has 0 radical (unpaired) electrons. The number of benzene rings is 1. The van der Waals surface area contributed by atoms with Gasteiger partial charge in [-0.1, -0.05) is 30.3 Å². The van der Waals surface area contributed by atoms with E-state index >= 15 is 0 Å². The van der Waals surface area contributed by atoms with Crippen molar-refractivity contribution in [2.75, 3.05) is 31.6 Å². The van der Waals surface area contributed by atoms with E-state index < -0.39 is 9.84 Å². The summed E-state index contributed by atoms with van der Waals surface area (Å²) in [4.78, 5) is 18.3. The second-order valence-electron chi connectivity index (χ2n) is 6.49. The highest BCUT2D eigenvalue weighted by molar-refractivity contribution is 14.0. The minimum absolute atomic E-state index is 0. The first-order valence-electron chi connectivity index (χ1n) is 8.93. The fraction of sp³-hybridized carbons (Fsp3) is 0.556. The first-order valence-corrected chi connectivity index (χ1v) is 10.7. The van der Waals surface area contributed by atoms with Gasteiger partial charge in [-0.2, -0.15) is 0 Å². The van der Waals surface area contributed by atoms with Gasteiger partial charge in [0, 0.05) is 32.6 Å². The van der Waals surface area contributed by atoms with Gasteiger partial charge in [-0.15, -0.1) is 24.0 Å². The topological polar surface area (TPSA) is 90.9 Å². The van der Waals surface area contributed by atoms with Crippen LogP contribution in [0.4, 0.5) is 0 Å². The molecule has 0 saturated carbocycles. The molecule has 1 aliphatic heterocycles. The van der Waals surface area contributed by atoms with Crippen LogP contribution in [0.15, 0.2) is 35.3 Å². The van der Waals surface area contributed by atoms with Crippen LogP contribution in [0, 0.1) is 0 Å². The van der Waals surface area contributed by atoms with Gasteiger partial charge < -0.3 is 15.5 Å². The van der Waals surface area contributed by atoms with E-state index in [9.17, 15) is 13.2 Å². The van der Waals surface area contributed by atoms with Crippen molar-refractivity contribution in [3.63, 3.8) is 0 Å². The summed E-state index contributed by atoms with van der Waals surface area (Å²) in [5.74, 6) is 0.938. The SMILES string of the molecule is CCNC(=NCCC(=O)N(C)Cc1ccccc1)NC1CCS(=O)(=O)C1.I. The highest BCUT2D eigenvalue weighted by Gasteiger charge is 2.28. The largest absolute Gasteiger partial charge is 0.357 e. The van der Waals surface area contributed by atoms with Crippen LogP contribution < -0.4 is 10.6 Å². The van der Waals surface area contributed by atoms with Crippen molar-refractivity contribution >= 4 is 45.7 Å². The van der Waals surface area contributed by atoms with Gasteiger partial charge in [0.05, 0.1) is 18.1 Å². The maximum Gasteiger partial charge on any atom is 0.224 e. The summed E-state index contributed by atoms with van der Waals surface area (Å²) < 4.78 is 23.1. The molecule has 2 N–H and O–H groups in total. The normalized spacial score (nSPS) is 18.4. The number of nitrogens with one attached hydrogen (secondary N) is 2. The smallest absolute Gasteiger partial charge is 0.224 e. The molecule has 0 aromatic heterocycles. The third-order valence-corrected chi connectivity index (χ3v) is 5.97. The number of amides is 1. The van der Waals surface area contributed by atoms with E-state index in [1.54, 1.807) is 11.9 Å². The zero-order valence-corrected chi connectivity index (χ0v) is 19.0. The van der Waals surface area contributed by atoms with Crippen LogP contribution in [0.5, 0.6) is 0 Å². The minimum atomic E-state index is -2.94. The molecule has 1 atom stereocenters. The quantitative estimate of drug-likeness (QED) is 0.330. The Balaban J connectivity index is 0.00000364. The number of nitrogens with zero attached hydrogens (tertiary/aromatic N) is 2. The Morgan fingerprint density at radius 3 is 2.59 bits per heavy atom. The average molecular weight is 508 g/mol. The van der Waals surface area contributed by atoms with Crippen molar-refractivity contribution in [3.8, 4) is 0 Å². The van der Waals surface area contributed by atoms with Gasteiger partial charge in [-0.25, -0.2) is 8.42 Å². The fourth-order valence-corrected chi connectivity index (χ4v) is 4.50. The van der Waals surface area contributed by atoms with Crippen molar-refractivity contribution in [1.29, 1.82) is 0 Å². The van der Waals surface area contributed by atoms with E-state index in [0.717, 1.165) is 5.56 Å². The van der Waals surface area contributed by atoms with Gasteiger partial charge >= 0.3 is 0 Å². The Morgan fingerprint density at radius 2 is 2.00 bits per heavy atom. The molecule has 1 aromatic carbocycles. The lowest BCUT2D eigenvalue weighted by Gasteiger charge is -2.18. The summed E-state index contributed by atoms with van der Waals surface area (Å²) in [6.07, 6.45) is 0.897. The molecule has 2 rings (SSSR count). The number of hydrogen-bond donors (Lipinski definition) is 2. The molecule has 7 nitrogen and oxygen atoms in total.